The number of amides is 2. The van der Waals surface area contributed by atoms with Crippen LogP contribution in [0, 0.1) is 0 Å². The molecule has 35 heavy (non-hydrogen) atoms. The highest BCUT2D eigenvalue weighted by atomic mass is 16.5. The van der Waals surface area contributed by atoms with Gasteiger partial charge in [-0.25, -0.2) is 14.8 Å². The minimum absolute atomic E-state index is 0.0430. The Morgan fingerprint density at radius 1 is 0.971 bits per heavy atom. The predicted molar refractivity (Wildman–Crippen MR) is 135 cm³/mol. The maximum atomic E-state index is 12.7. The van der Waals surface area contributed by atoms with Crippen LogP contribution in [0.1, 0.15) is 5.56 Å². The van der Waals surface area contributed by atoms with E-state index in [0.29, 0.717) is 32.1 Å². The third kappa shape index (κ3) is 5.59. The Kier molecular flexibility index (Phi) is 7.17. The van der Waals surface area contributed by atoms with Crippen LogP contribution in [0.25, 0.3) is 22.6 Å². The molecule has 3 heterocycles. The van der Waals surface area contributed by atoms with E-state index in [9.17, 15) is 9.90 Å². The molecule has 0 unspecified atom stereocenters. The molecular formula is C26H30N6O3. The van der Waals surface area contributed by atoms with Crippen LogP contribution >= 0.6 is 0 Å². The molecule has 2 aliphatic rings. The zero-order chi connectivity index (χ0) is 24.0. The lowest BCUT2D eigenvalue weighted by molar-refractivity contribution is 0.122. The Morgan fingerprint density at radius 3 is 2.54 bits per heavy atom. The van der Waals surface area contributed by atoms with E-state index < -0.39 is 0 Å². The summed E-state index contributed by atoms with van der Waals surface area (Å²) in [6, 6.07) is 17.3. The van der Waals surface area contributed by atoms with Gasteiger partial charge in [0.15, 0.2) is 5.82 Å². The topological polar surface area (TPSA) is 103 Å². The molecule has 0 saturated carbocycles. The quantitative estimate of drug-likeness (QED) is 0.522. The summed E-state index contributed by atoms with van der Waals surface area (Å²) in [4.78, 5) is 26.4. The molecule has 2 aromatic carbocycles. The molecule has 1 aromatic heterocycles. The molecule has 5 rings (SSSR count). The highest BCUT2D eigenvalue weighted by Crippen LogP contribution is 2.28. The van der Waals surface area contributed by atoms with Crippen molar-refractivity contribution < 1.29 is 14.6 Å². The second-order valence-electron chi connectivity index (χ2n) is 8.64. The summed E-state index contributed by atoms with van der Waals surface area (Å²) in [7, 11) is 0. The number of benzene rings is 2. The number of nitrogens with one attached hydrogen (secondary N) is 2. The van der Waals surface area contributed by atoms with Crippen LogP contribution in [0.3, 0.4) is 0 Å². The number of aliphatic hydroxyl groups excluding tert-OH is 1. The van der Waals surface area contributed by atoms with E-state index in [1.165, 1.54) is 0 Å². The van der Waals surface area contributed by atoms with E-state index in [1.54, 1.807) is 0 Å². The van der Waals surface area contributed by atoms with Gasteiger partial charge in [0.05, 0.1) is 25.5 Å². The minimum atomic E-state index is -0.0955. The second-order valence-corrected chi connectivity index (χ2v) is 8.64. The number of carbonyl (C=O) groups excluding carboxylic acids is 1. The molecule has 2 saturated heterocycles. The molecule has 2 aliphatic heterocycles. The molecule has 2 amide bonds. The van der Waals surface area contributed by atoms with Gasteiger partial charge in [0.1, 0.15) is 5.82 Å². The number of rotatable bonds is 5. The number of nitrogens with zero attached hydrogens (tertiary/aromatic N) is 4. The molecule has 0 atom stereocenters. The van der Waals surface area contributed by atoms with E-state index in [0.717, 1.165) is 60.1 Å². The van der Waals surface area contributed by atoms with Gasteiger partial charge in [-0.3, -0.25) is 0 Å². The molecule has 0 spiro atoms. The lowest BCUT2D eigenvalue weighted by Gasteiger charge is -2.28. The van der Waals surface area contributed by atoms with Crippen LogP contribution < -0.4 is 15.5 Å². The number of ether oxygens (including phenoxy) is 1. The summed E-state index contributed by atoms with van der Waals surface area (Å²) < 4.78 is 5.52. The first kappa shape index (κ1) is 23.2. The van der Waals surface area contributed by atoms with Crippen LogP contribution in [0.4, 0.5) is 16.3 Å². The fourth-order valence-corrected chi connectivity index (χ4v) is 4.30. The Bertz CT molecular complexity index is 1180. The molecule has 3 N–H and O–H groups in total. The van der Waals surface area contributed by atoms with Crippen LogP contribution in [0.15, 0.2) is 54.6 Å². The van der Waals surface area contributed by atoms with E-state index in [2.05, 4.69) is 15.5 Å². The van der Waals surface area contributed by atoms with E-state index in [1.807, 2.05) is 59.5 Å². The first-order valence-electron chi connectivity index (χ1n) is 12.0. The second kappa shape index (κ2) is 10.8. The van der Waals surface area contributed by atoms with E-state index in [4.69, 9.17) is 14.7 Å². The van der Waals surface area contributed by atoms with Gasteiger partial charge in [0.2, 0.25) is 0 Å². The molecule has 2 fully saturated rings. The van der Waals surface area contributed by atoms with Crippen molar-refractivity contribution in [3.8, 4) is 22.6 Å². The summed E-state index contributed by atoms with van der Waals surface area (Å²) in [6.07, 6.45) is 0. The van der Waals surface area contributed by atoms with Gasteiger partial charge in [-0.05, 0) is 23.8 Å². The van der Waals surface area contributed by atoms with Gasteiger partial charge in [-0.1, -0.05) is 30.3 Å². The third-order valence-electron chi connectivity index (χ3n) is 6.23. The molecule has 9 heteroatoms. The van der Waals surface area contributed by atoms with Gasteiger partial charge in [0.25, 0.3) is 0 Å². The zero-order valence-corrected chi connectivity index (χ0v) is 19.6. The first-order chi connectivity index (χ1) is 17.2. The summed E-state index contributed by atoms with van der Waals surface area (Å²) in [5.41, 5.74) is 4.03. The highest BCUT2D eigenvalue weighted by molar-refractivity contribution is 5.90. The Balaban J connectivity index is 1.48. The average molecular weight is 475 g/mol. The van der Waals surface area contributed by atoms with Crippen LogP contribution in [-0.2, 0) is 11.3 Å². The summed E-state index contributed by atoms with van der Waals surface area (Å²) in [5, 5.41) is 15.9. The van der Waals surface area contributed by atoms with Crippen molar-refractivity contribution in [2.24, 2.45) is 0 Å². The fraction of sp³-hybridized carbons (Fsp3) is 0.346. The number of aromatic nitrogens is 2. The van der Waals surface area contributed by atoms with Crippen LogP contribution in [0.2, 0.25) is 0 Å². The predicted octanol–water partition coefficient (Wildman–Crippen LogP) is 2.58. The number of hydrogen-bond acceptors (Lipinski definition) is 7. The smallest absolute Gasteiger partial charge is 0.321 e. The lowest BCUT2D eigenvalue weighted by Crippen LogP contribution is -2.48. The van der Waals surface area contributed by atoms with Crippen molar-refractivity contribution in [3.63, 3.8) is 0 Å². The van der Waals surface area contributed by atoms with Gasteiger partial charge in [-0.2, -0.15) is 0 Å². The fourth-order valence-electron chi connectivity index (χ4n) is 4.30. The number of hydrogen-bond donors (Lipinski definition) is 3. The number of carbonyl (C=O) groups is 1. The number of piperazine rings is 1. The molecule has 0 bridgehead atoms. The summed E-state index contributed by atoms with van der Waals surface area (Å²) in [5.74, 6) is 1.42. The Morgan fingerprint density at radius 2 is 1.74 bits per heavy atom. The van der Waals surface area contributed by atoms with Gasteiger partial charge in [0, 0.05) is 62.1 Å². The Hall–Kier alpha value is -3.53. The minimum Gasteiger partial charge on any atom is -0.392 e. The zero-order valence-electron chi connectivity index (χ0n) is 19.6. The molecule has 182 valence electrons. The number of anilines is 2. The molecule has 0 aliphatic carbocycles. The van der Waals surface area contributed by atoms with Crippen molar-refractivity contribution in [3.05, 3.63) is 60.2 Å². The van der Waals surface area contributed by atoms with E-state index in [-0.39, 0.29) is 12.6 Å². The normalized spacial score (nSPS) is 16.3. The molecule has 0 radical (unpaired) electrons. The van der Waals surface area contributed by atoms with Crippen molar-refractivity contribution in [1.29, 1.82) is 0 Å². The van der Waals surface area contributed by atoms with Gasteiger partial charge < -0.3 is 30.3 Å². The summed E-state index contributed by atoms with van der Waals surface area (Å²) in [6.45, 7) is 5.77. The maximum absolute atomic E-state index is 12.7. The monoisotopic (exact) mass is 474 g/mol. The van der Waals surface area contributed by atoms with Crippen molar-refractivity contribution in [1.82, 2.24) is 20.2 Å². The van der Waals surface area contributed by atoms with Gasteiger partial charge in [-0.15, -0.1) is 0 Å². The summed E-state index contributed by atoms with van der Waals surface area (Å²) >= 11 is 0. The van der Waals surface area contributed by atoms with E-state index >= 15 is 0 Å². The SMILES string of the molecule is O=C(Nc1cccc(-c2cc(N3CCOCC3)nc(-c3cccc(CO)c3)n2)c1)N1CCNCC1. The largest absolute Gasteiger partial charge is 0.392 e. The highest BCUT2D eigenvalue weighted by Gasteiger charge is 2.18. The standard InChI is InChI=1S/C26H30N6O3/c33-18-19-3-1-5-21(15-19)25-29-23(17-24(30-25)31-11-13-35-14-12-31)20-4-2-6-22(16-20)28-26(34)32-9-7-27-8-10-32/h1-6,15-17,27,33H,7-14,18H2,(H,28,34). The van der Waals surface area contributed by atoms with Gasteiger partial charge >= 0.3 is 6.03 Å². The Labute approximate surface area is 204 Å². The third-order valence-corrected chi connectivity index (χ3v) is 6.23. The van der Waals surface area contributed by atoms with Crippen molar-refractivity contribution in [2.45, 2.75) is 6.61 Å². The number of aliphatic hydroxyl groups is 1. The molecular weight excluding hydrogens is 444 g/mol. The maximum Gasteiger partial charge on any atom is 0.321 e. The lowest BCUT2D eigenvalue weighted by atomic mass is 10.1. The molecule has 3 aromatic rings. The first-order valence-corrected chi connectivity index (χ1v) is 12.0. The van der Waals surface area contributed by atoms with Crippen LogP contribution in [-0.4, -0.2) is 78.5 Å². The number of morpholine rings is 1. The average Bonchev–Trinajstić information content (AvgIpc) is 2.94. The van der Waals surface area contributed by atoms with Crippen LogP contribution in [0.5, 0.6) is 0 Å². The van der Waals surface area contributed by atoms with Crippen molar-refractivity contribution in [2.75, 3.05) is 62.7 Å². The van der Waals surface area contributed by atoms with Crippen molar-refractivity contribution >= 4 is 17.5 Å². The number of urea groups is 1. The molecule has 9 nitrogen and oxygen atoms in total.